The van der Waals surface area contributed by atoms with Crippen molar-refractivity contribution in [3.63, 3.8) is 0 Å². The Morgan fingerprint density at radius 1 is 1.09 bits per heavy atom. The molecule has 0 bridgehead atoms. The minimum absolute atomic E-state index is 0.0606. The van der Waals surface area contributed by atoms with Crippen LogP contribution in [0.1, 0.15) is 23.6 Å². The van der Waals surface area contributed by atoms with Gasteiger partial charge in [0.2, 0.25) is 6.43 Å². The summed E-state index contributed by atoms with van der Waals surface area (Å²) in [5.74, 6) is -1.07. The third-order valence-electron chi connectivity index (χ3n) is 3.63. The van der Waals surface area contributed by atoms with Crippen LogP contribution in [0.3, 0.4) is 0 Å². The van der Waals surface area contributed by atoms with Crippen molar-refractivity contribution in [2.24, 2.45) is 0 Å². The Kier molecular flexibility index (Phi) is 5.33. The molecular weight excluding hydrogens is 310 g/mol. The third-order valence-corrected chi connectivity index (χ3v) is 3.63. The maximum Gasteiger partial charge on any atom is 0.416 e. The van der Waals surface area contributed by atoms with Gasteiger partial charge in [0.25, 0.3) is 0 Å². The molecule has 1 saturated heterocycles. The largest absolute Gasteiger partial charge is 0.416 e. The van der Waals surface area contributed by atoms with Crippen molar-refractivity contribution in [2.75, 3.05) is 26.2 Å². The molecule has 2 rings (SSSR count). The Balaban J connectivity index is 2.35. The Morgan fingerprint density at radius 2 is 1.73 bits per heavy atom. The highest BCUT2D eigenvalue weighted by atomic mass is 19.4. The predicted molar refractivity (Wildman–Crippen MR) is 69.2 cm³/mol. The van der Waals surface area contributed by atoms with Gasteiger partial charge in [0.15, 0.2) is 0 Å². The Morgan fingerprint density at radius 3 is 2.27 bits per heavy atom. The van der Waals surface area contributed by atoms with Crippen LogP contribution in [0.5, 0.6) is 0 Å². The number of nitrogens with zero attached hydrogens (tertiary/aromatic N) is 1. The lowest BCUT2D eigenvalue weighted by Gasteiger charge is -2.35. The standard InChI is InChI=1S/C14H16F6N2/c15-11-6-9(5-10(7-11)14(18,19)20)12(8-13(16)17)22-3-1-21-2-4-22/h5-7,12-13,21H,1-4,8H2/t12-/m1/s1. The van der Waals surface area contributed by atoms with Crippen molar-refractivity contribution in [3.8, 4) is 0 Å². The van der Waals surface area contributed by atoms with E-state index in [1.165, 1.54) is 0 Å². The van der Waals surface area contributed by atoms with Crippen LogP contribution in [0.25, 0.3) is 0 Å². The zero-order valence-electron chi connectivity index (χ0n) is 11.6. The molecule has 0 radical (unpaired) electrons. The highest BCUT2D eigenvalue weighted by Gasteiger charge is 2.33. The van der Waals surface area contributed by atoms with Gasteiger partial charge >= 0.3 is 6.18 Å². The van der Waals surface area contributed by atoms with Crippen LogP contribution < -0.4 is 5.32 Å². The number of halogens is 6. The van der Waals surface area contributed by atoms with Gasteiger partial charge in [0.1, 0.15) is 5.82 Å². The Bertz CT molecular complexity index is 497. The SMILES string of the molecule is Fc1cc([C@@H](CC(F)F)N2CCNCC2)cc(C(F)(F)F)c1. The molecule has 8 heteroatoms. The van der Waals surface area contributed by atoms with E-state index in [2.05, 4.69) is 5.32 Å². The molecule has 1 aliphatic heterocycles. The van der Waals surface area contributed by atoms with Gasteiger partial charge in [-0.05, 0) is 23.8 Å². The van der Waals surface area contributed by atoms with Crippen LogP contribution in [0, 0.1) is 5.82 Å². The molecule has 0 saturated carbocycles. The van der Waals surface area contributed by atoms with E-state index >= 15 is 0 Å². The maximum absolute atomic E-state index is 13.5. The van der Waals surface area contributed by atoms with Gasteiger partial charge in [-0.15, -0.1) is 0 Å². The van der Waals surface area contributed by atoms with Crippen LogP contribution >= 0.6 is 0 Å². The molecular formula is C14H16F6N2. The second-order valence-electron chi connectivity index (χ2n) is 5.20. The minimum atomic E-state index is -4.71. The lowest BCUT2D eigenvalue weighted by atomic mass is 9.98. The summed E-state index contributed by atoms with van der Waals surface area (Å²) >= 11 is 0. The first-order chi connectivity index (χ1) is 10.3. The van der Waals surface area contributed by atoms with E-state index in [1.54, 1.807) is 4.90 Å². The first-order valence-corrected chi connectivity index (χ1v) is 6.88. The lowest BCUT2D eigenvalue weighted by Crippen LogP contribution is -2.45. The van der Waals surface area contributed by atoms with Crippen molar-refractivity contribution in [3.05, 3.63) is 35.1 Å². The zero-order chi connectivity index (χ0) is 16.3. The molecule has 0 aliphatic carbocycles. The van der Waals surface area contributed by atoms with Gasteiger partial charge in [-0.2, -0.15) is 13.2 Å². The highest BCUT2D eigenvalue weighted by molar-refractivity contribution is 5.29. The fourth-order valence-corrected chi connectivity index (χ4v) is 2.63. The number of rotatable bonds is 4. The maximum atomic E-state index is 13.5. The Hall–Kier alpha value is -1.28. The molecule has 1 aromatic rings. The summed E-state index contributed by atoms with van der Waals surface area (Å²) in [6.07, 6.45) is -8.02. The van der Waals surface area contributed by atoms with Crippen LogP contribution in [0.15, 0.2) is 18.2 Å². The van der Waals surface area contributed by atoms with Crippen LogP contribution in [0.4, 0.5) is 26.3 Å². The minimum Gasteiger partial charge on any atom is -0.314 e. The smallest absolute Gasteiger partial charge is 0.314 e. The lowest BCUT2D eigenvalue weighted by molar-refractivity contribution is -0.137. The summed E-state index contributed by atoms with van der Waals surface area (Å²) in [6.45, 7) is 1.97. The Labute approximate surface area is 124 Å². The summed E-state index contributed by atoms with van der Waals surface area (Å²) in [6, 6.07) is 1.11. The average molecular weight is 326 g/mol. The molecule has 0 spiro atoms. The molecule has 1 fully saturated rings. The van der Waals surface area contributed by atoms with E-state index in [9.17, 15) is 26.3 Å². The molecule has 124 valence electrons. The van der Waals surface area contributed by atoms with Crippen molar-refractivity contribution >= 4 is 0 Å². The normalized spacial score (nSPS) is 18.7. The van der Waals surface area contributed by atoms with Crippen LogP contribution in [-0.2, 0) is 6.18 Å². The number of hydrogen-bond acceptors (Lipinski definition) is 2. The monoisotopic (exact) mass is 326 g/mol. The molecule has 0 aromatic heterocycles. The first-order valence-electron chi connectivity index (χ1n) is 6.88. The second kappa shape index (κ2) is 6.87. The van der Waals surface area contributed by atoms with E-state index in [4.69, 9.17) is 0 Å². The molecule has 1 heterocycles. The van der Waals surface area contributed by atoms with Gasteiger partial charge in [0, 0.05) is 38.6 Å². The molecule has 1 aliphatic rings. The van der Waals surface area contributed by atoms with E-state index in [-0.39, 0.29) is 5.56 Å². The summed E-state index contributed by atoms with van der Waals surface area (Å²) in [5, 5.41) is 3.04. The van der Waals surface area contributed by atoms with Gasteiger partial charge in [0.05, 0.1) is 5.56 Å². The number of piperazine rings is 1. The number of hydrogen-bond donors (Lipinski definition) is 1. The average Bonchev–Trinajstić information content (AvgIpc) is 2.44. The molecule has 0 amide bonds. The van der Waals surface area contributed by atoms with E-state index in [0.717, 1.165) is 12.1 Å². The van der Waals surface area contributed by atoms with Gasteiger partial charge in [-0.3, -0.25) is 4.90 Å². The summed E-state index contributed by atoms with van der Waals surface area (Å²) in [4.78, 5) is 1.66. The van der Waals surface area contributed by atoms with Crippen molar-refractivity contribution in [2.45, 2.75) is 25.1 Å². The van der Waals surface area contributed by atoms with Gasteiger partial charge < -0.3 is 5.32 Å². The van der Waals surface area contributed by atoms with E-state index in [1.807, 2.05) is 0 Å². The van der Waals surface area contributed by atoms with Crippen molar-refractivity contribution < 1.29 is 26.3 Å². The highest BCUT2D eigenvalue weighted by Crippen LogP contribution is 2.34. The zero-order valence-corrected chi connectivity index (χ0v) is 11.6. The van der Waals surface area contributed by atoms with Crippen LogP contribution in [0.2, 0.25) is 0 Å². The predicted octanol–water partition coefficient (Wildman–Crippen LogP) is 3.45. The fourth-order valence-electron chi connectivity index (χ4n) is 2.63. The molecule has 2 nitrogen and oxygen atoms in total. The number of alkyl halides is 5. The summed E-state index contributed by atoms with van der Waals surface area (Å²) in [7, 11) is 0. The molecule has 1 atom stereocenters. The molecule has 0 unspecified atom stereocenters. The third kappa shape index (κ3) is 4.36. The van der Waals surface area contributed by atoms with Crippen molar-refractivity contribution in [1.29, 1.82) is 0 Å². The number of benzene rings is 1. The van der Waals surface area contributed by atoms with Gasteiger partial charge in [-0.25, -0.2) is 13.2 Å². The first kappa shape index (κ1) is 17.1. The van der Waals surface area contributed by atoms with E-state index < -0.39 is 36.4 Å². The molecule has 1 aromatic carbocycles. The topological polar surface area (TPSA) is 15.3 Å². The summed E-state index contributed by atoms with van der Waals surface area (Å²) < 4.78 is 77.4. The molecule has 1 N–H and O–H groups in total. The number of nitrogens with one attached hydrogen (secondary N) is 1. The summed E-state index contributed by atoms with van der Waals surface area (Å²) in [5.41, 5.74) is -1.22. The van der Waals surface area contributed by atoms with E-state index in [0.29, 0.717) is 32.2 Å². The fraction of sp³-hybridized carbons (Fsp3) is 0.571. The quantitative estimate of drug-likeness (QED) is 0.853. The van der Waals surface area contributed by atoms with Crippen molar-refractivity contribution in [1.82, 2.24) is 10.2 Å². The molecule has 22 heavy (non-hydrogen) atoms. The second-order valence-corrected chi connectivity index (χ2v) is 5.20. The van der Waals surface area contributed by atoms with Crippen LogP contribution in [-0.4, -0.2) is 37.5 Å². The van der Waals surface area contributed by atoms with Gasteiger partial charge in [-0.1, -0.05) is 0 Å².